The van der Waals surface area contributed by atoms with Crippen molar-refractivity contribution in [3.63, 3.8) is 0 Å². The van der Waals surface area contributed by atoms with Gasteiger partial charge >= 0.3 is 0 Å². The van der Waals surface area contributed by atoms with Crippen molar-refractivity contribution in [2.75, 3.05) is 19.8 Å². The van der Waals surface area contributed by atoms with Gasteiger partial charge in [-0.05, 0) is 43.6 Å². The first-order valence-corrected chi connectivity index (χ1v) is 6.84. The topological polar surface area (TPSA) is 21.3 Å². The first-order chi connectivity index (χ1) is 7.53. The molecule has 0 saturated carbocycles. The molecule has 2 heteroatoms. The average Bonchev–Trinajstić information content (AvgIpc) is 2.23. The Morgan fingerprint density at radius 1 is 1.31 bits per heavy atom. The highest BCUT2D eigenvalue weighted by Gasteiger charge is 2.26. The standard InChI is InChI=1S/C14H29NO/c1-5-9-15-13-7-10-16-11-12(13)6-8-14(2,3)4/h12-13,15H,5-11H2,1-4H3. The van der Waals surface area contributed by atoms with Crippen LogP contribution in [0.25, 0.3) is 0 Å². The van der Waals surface area contributed by atoms with Gasteiger partial charge in [0.2, 0.25) is 0 Å². The molecule has 2 nitrogen and oxygen atoms in total. The third kappa shape index (κ3) is 5.31. The highest BCUT2D eigenvalue weighted by molar-refractivity contribution is 4.80. The molecule has 96 valence electrons. The minimum Gasteiger partial charge on any atom is -0.381 e. The third-order valence-corrected chi connectivity index (χ3v) is 3.40. The Morgan fingerprint density at radius 2 is 2.06 bits per heavy atom. The smallest absolute Gasteiger partial charge is 0.0509 e. The van der Waals surface area contributed by atoms with Crippen molar-refractivity contribution in [3.05, 3.63) is 0 Å². The summed E-state index contributed by atoms with van der Waals surface area (Å²) in [6, 6.07) is 0.691. The zero-order chi connectivity index (χ0) is 12.0. The van der Waals surface area contributed by atoms with Crippen LogP contribution in [0.5, 0.6) is 0 Å². The van der Waals surface area contributed by atoms with E-state index in [0.29, 0.717) is 11.5 Å². The quantitative estimate of drug-likeness (QED) is 0.778. The maximum absolute atomic E-state index is 5.62. The van der Waals surface area contributed by atoms with Crippen LogP contribution in [-0.2, 0) is 4.74 Å². The van der Waals surface area contributed by atoms with E-state index < -0.39 is 0 Å². The first-order valence-electron chi connectivity index (χ1n) is 6.84. The molecule has 2 atom stereocenters. The van der Waals surface area contributed by atoms with E-state index >= 15 is 0 Å². The zero-order valence-electron chi connectivity index (χ0n) is 11.5. The largest absolute Gasteiger partial charge is 0.381 e. The third-order valence-electron chi connectivity index (χ3n) is 3.40. The molecule has 1 heterocycles. The second kappa shape index (κ2) is 6.61. The zero-order valence-corrected chi connectivity index (χ0v) is 11.5. The highest BCUT2D eigenvalue weighted by Crippen LogP contribution is 2.27. The first kappa shape index (κ1) is 14.0. The minimum atomic E-state index is 0.451. The van der Waals surface area contributed by atoms with E-state index in [-0.39, 0.29) is 0 Å². The lowest BCUT2D eigenvalue weighted by Gasteiger charge is -2.34. The van der Waals surface area contributed by atoms with Gasteiger partial charge in [0.05, 0.1) is 6.61 Å². The molecule has 0 aromatic carbocycles. The van der Waals surface area contributed by atoms with Crippen molar-refractivity contribution in [2.45, 2.75) is 59.4 Å². The predicted molar refractivity (Wildman–Crippen MR) is 69.7 cm³/mol. The van der Waals surface area contributed by atoms with Gasteiger partial charge in [0, 0.05) is 12.6 Å². The molecule has 0 bridgehead atoms. The molecule has 0 aliphatic carbocycles. The highest BCUT2D eigenvalue weighted by atomic mass is 16.5. The Kier molecular flexibility index (Phi) is 5.77. The van der Waals surface area contributed by atoms with Gasteiger partial charge in [-0.25, -0.2) is 0 Å². The van der Waals surface area contributed by atoms with Crippen molar-refractivity contribution in [1.29, 1.82) is 0 Å². The molecular formula is C14H29NO. The summed E-state index contributed by atoms with van der Waals surface area (Å²) >= 11 is 0. The number of rotatable bonds is 5. The fourth-order valence-corrected chi connectivity index (χ4v) is 2.30. The molecule has 1 fully saturated rings. The lowest BCUT2D eigenvalue weighted by atomic mass is 9.83. The van der Waals surface area contributed by atoms with Gasteiger partial charge in [0.15, 0.2) is 0 Å². The normalized spacial score (nSPS) is 27.0. The fraction of sp³-hybridized carbons (Fsp3) is 1.00. The van der Waals surface area contributed by atoms with E-state index in [1.807, 2.05) is 0 Å². The van der Waals surface area contributed by atoms with Crippen LogP contribution in [0.1, 0.15) is 53.4 Å². The van der Waals surface area contributed by atoms with Crippen molar-refractivity contribution in [2.24, 2.45) is 11.3 Å². The fourth-order valence-electron chi connectivity index (χ4n) is 2.30. The van der Waals surface area contributed by atoms with Crippen LogP contribution >= 0.6 is 0 Å². The van der Waals surface area contributed by atoms with Crippen LogP contribution in [0.2, 0.25) is 0 Å². The monoisotopic (exact) mass is 227 g/mol. The number of hydrogen-bond donors (Lipinski definition) is 1. The molecule has 1 rings (SSSR count). The Labute approximate surface area is 101 Å². The molecule has 0 radical (unpaired) electrons. The Morgan fingerprint density at radius 3 is 2.69 bits per heavy atom. The summed E-state index contributed by atoms with van der Waals surface area (Å²) in [5.74, 6) is 0.722. The van der Waals surface area contributed by atoms with Crippen LogP contribution < -0.4 is 5.32 Å². The lowest BCUT2D eigenvalue weighted by molar-refractivity contribution is 0.0247. The molecule has 1 N–H and O–H groups in total. The molecule has 0 aromatic rings. The Balaban J connectivity index is 2.34. The van der Waals surface area contributed by atoms with Crippen LogP contribution in [0.4, 0.5) is 0 Å². The summed E-state index contributed by atoms with van der Waals surface area (Å²) in [4.78, 5) is 0. The summed E-state index contributed by atoms with van der Waals surface area (Å²) < 4.78 is 5.62. The van der Waals surface area contributed by atoms with E-state index in [1.165, 1.54) is 25.7 Å². The molecule has 1 saturated heterocycles. The molecule has 1 aliphatic rings. The van der Waals surface area contributed by atoms with Crippen molar-refractivity contribution in [3.8, 4) is 0 Å². The second-order valence-electron chi connectivity index (χ2n) is 6.28. The Bertz CT molecular complexity index is 186. The lowest BCUT2D eigenvalue weighted by Crippen LogP contribution is -2.43. The Hall–Kier alpha value is -0.0800. The van der Waals surface area contributed by atoms with Crippen molar-refractivity contribution >= 4 is 0 Å². The molecule has 2 unspecified atom stereocenters. The van der Waals surface area contributed by atoms with Gasteiger partial charge in [0.1, 0.15) is 0 Å². The number of ether oxygens (including phenoxy) is 1. The van der Waals surface area contributed by atoms with E-state index in [4.69, 9.17) is 4.74 Å². The second-order valence-corrected chi connectivity index (χ2v) is 6.28. The number of hydrogen-bond acceptors (Lipinski definition) is 2. The maximum Gasteiger partial charge on any atom is 0.0509 e. The van der Waals surface area contributed by atoms with E-state index in [1.54, 1.807) is 0 Å². The van der Waals surface area contributed by atoms with Crippen LogP contribution in [0.15, 0.2) is 0 Å². The van der Waals surface area contributed by atoms with Gasteiger partial charge in [-0.1, -0.05) is 27.7 Å². The van der Waals surface area contributed by atoms with Gasteiger partial charge in [0.25, 0.3) is 0 Å². The van der Waals surface area contributed by atoms with Crippen molar-refractivity contribution in [1.82, 2.24) is 5.32 Å². The van der Waals surface area contributed by atoms with Crippen LogP contribution in [-0.4, -0.2) is 25.8 Å². The van der Waals surface area contributed by atoms with Crippen LogP contribution in [0.3, 0.4) is 0 Å². The molecule has 0 spiro atoms. The number of nitrogens with one attached hydrogen (secondary N) is 1. The van der Waals surface area contributed by atoms with Gasteiger partial charge in [-0.15, -0.1) is 0 Å². The van der Waals surface area contributed by atoms with Gasteiger partial charge < -0.3 is 10.1 Å². The SMILES string of the molecule is CCCNC1CCOCC1CCC(C)(C)C. The molecule has 16 heavy (non-hydrogen) atoms. The van der Waals surface area contributed by atoms with Crippen molar-refractivity contribution < 1.29 is 4.74 Å². The maximum atomic E-state index is 5.62. The summed E-state index contributed by atoms with van der Waals surface area (Å²) in [6.45, 7) is 12.2. The molecular weight excluding hydrogens is 198 g/mol. The summed E-state index contributed by atoms with van der Waals surface area (Å²) in [5, 5.41) is 3.68. The van der Waals surface area contributed by atoms with Gasteiger partial charge in [-0.2, -0.15) is 0 Å². The summed E-state index contributed by atoms with van der Waals surface area (Å²) in [5.41, 5.74) is 0.451. The molecule has 0 amide bonds. The van der Waals surface area contributed by atoms with Crippen LogP contribution in [0, 0.1) is 11.3 Å². The molecule has 1 aliphatic heterocycles. The van der Waals surface area contributed by atoms with E-state index in [2.05, 4.69) is 33.0 Å². The van der Waals surface area contributed by atoms with E-state index in [9.17, 15) is 0 Å². The van der Waals surface area contributed by atoms with Gasteiger partial charge in [-0.3, -0.25) is 0 Å². The average molecular weight is 227 g/mol. The summed E-state index contributed by atoms with van der Waals surface area (Å²) in [6.07, 6.45) is 5.01. The summed E-state index contributed by atoms with van der Waals surface area (Å²) in [7, 11) is 0. The minimum absolute atomic E-state index is 0.451. The molecule has 0 aromatic heterocycles. The van der Waals surface area contributed by atoms with E-state index in [0.717, 1.165) is 25.7 Å². The predicted octanol–water partition coefficient (Wildman–Crippen LogP) is 3.22.